The molecular formula is C24H24F4N6O. The van der Waals surface area contributed by atoms with Crippen molar-refractivity contribution in [2.24, 2.45) is 0 Å². The normalized spacial score (nSPS) is 15.5. The monoisotopic (exact) mass is 488 g/mol. The molecule has 0 bridgehead atoms. The number of hydrazine groups is 1. The minimum Gasteiger partial charge on any atom is -0.296 e. The lowest BCUT2D eigenvalue weighted by Gasteiger charge is -2.34. The average molecular weight is 488 g/mol. The van der Waals surface area contributed by atoms with Crippen molar-refractivity contribution in [1.29, 1.82) is 0 Å². The number of hydrogen-bond acceptors (Lipinski definition) is 5. The Kier molecular flexibility index (Phi) is 7.57. The number of carbonyl (C=O) groups is 1. The number of piperazine rings is 1. The molecule has 0 spiro atoms. The summed E-state index contributed by atoms with van der Waals surface area (Å²) in [5, 5.41) is 5.91. The maximum absolute atomic E-state index is 13.1. The van der Waals surface area contributed by atoms with Crippen molar-refractivity contribution >= 4 is 12.1 Å². The predicted octanol–water partition coefficient (Wildman–Crippen LogP) is 3.75. The van der Waals surface area contributed by atoms with Gasteiger partial charge in [0.2, 0.25) is 0 Å². The number of rotatable bonds is 7. The summed E-state index contributed by atoms with van der Waals surface area (Å²) in [6, 6.07) is 13.1. The van der Waals surface area contributed by atoms with Gasteiger partial charge < -0.3 is 0 Å². The average Bonchev–Trinajstić information content (AvgIpc) is 3.33. The Morgan fingerprint density at radius 3 is 2.46 bits per heavy atom. The van der Waals surface area contributed by atoms with Gasteiger partial charge in [0.15, 0.2) is 5.82 Å². The second-order valence-electron chi connectivity index (χ2n) is 8.14. The third-order valence-corrected chi connectivity index (χ3v) is 5.51. The van der Waals surface area contributed by atoms with Crippen molar-refractivity contribution in [2.45, 2.75) is 19.4 Å². The molecule has 184 valence electrons. The number of amides is 1. The van der Waals surface area contributed by atoms with Crippen molar-refractivity contribution in [3.63, 3.8) is 0 Å². The highest BCUT2D eigenvalue weighted by Gasteiger charge is 2.31. The lowest BCUT2D eigenvalue weighted by Crippen LogP contribution is -2.52. The molecule has 1 N–H and O–H groups in total. The van der Waals surface area contributed by atoms with Crippen LogP contribution in [0.25, 0.3) is 17.6 Å². The van der Waals surface area contributed by atoms with Gasteiger partial charge in [0, 0.05) is 50.6 Å². The molecule has 2 aromatic carbocycles. The summed E-state index contributed by atoms with van der Waals surface area (Å²) in [5.41, 5.74) is 2.99. The Balaban J connectivity index is 1.31. The maximum Gasteiger partial charge on any atom is 0.416 e. The topological polar surface area (TPSA) is 66.3 Å². The van der Waals surface area contributed by atoms with Crippen molar-refractivity contribution in [1.82, 2.24) is 30.1 Å². The van der Waals surface area contributed by atoms with Crippen LogP contribution in [-0.2, 0) is 24.2 Å². The number of carbonyl (C=O) groups excluding carboxylic acids is 1. The van der Waals surface area contributed by atoms with Crippen molar-refractivity contribution in [3.05, 3.63) is 77.6 Å². The fraction of sp³-hybridized carbons (Fsp3) is 0.292. The van der Waals surface area contributed by atoms with Gasteiger partial charge in [-0.25, -0.2) is 19.1 Å². The van der Waals surface area contributed by atoms with Crippen LogP contribution in [0.4, 0.5) is 17.6 Å². The first-order valence-corrected chi connectivity index (χ1v) is 11.0. The zero-order valence-electron chi connectivity index (χ0n) is 18.7. The van der Waals surface area contributed by atoms with Crippen LogP contribution in [0.15, 0.2) is 60.9 Å². The Morgan fingerprint density at radius 1 is 1.03 bits per heavy atom. The number of benzene rings is 2. The molecule has 4 rings (SSSR count). The number of nitrogens with zero attached hydrogens (tertiary/aromatic N) is 5. The summed E-state index contributed by atoms with van der Waals surface area (Å²) in [5.74, 6) is -0.372. The van der Waals surface area contributed by atoms with Crippen LogP contribution in [0, 0.1) is 0 Å². The van der Waals surface area contributed by atoms with E-state index in [0.717, 1.165) is 31.8 Å². The number of aromatic nitrogens is 3. The van der Waals surface area contributed by atoms with E-state index in [-0.39, 0.29) is 22.9 Å². The van der Waals surface area contributed by atoms with Gasteiger partial charge in [-0.2, -0.15) is 13.2 Å². The molecule has 1 aromatic heterocycles. The summed E-state index contributed by atoms with van der Waals surface area (Å²) in [6.45, 7) is 2.78. The van der Waals surface area contributed by atoms with E-state index >= 15 is 0 Å². The van der Waals surface area contributed by atoms with E-state index in [1.807, 2.05) is 23.2 Å². The molecule has 0 aliphatic carbocycles. The van der Waals surface area contributed by atoms with Gasteiger partial charge in [-0.3, -0.25) is 15.1 Å². The molecule has 3 aromatic rings. The second kappa shape index (κ2) is 10.8. The molecular weight excluding hydrogens is 464 g/mol. The molecule has 35 heavy (non-hydrogen) atoms. The van der Waals surface area contributed by atoms with Crippen LogP contribution < -0.4 is 5.43 Å². The Labute approximate surface area is 199 Å². The first-order chi connectivity index (χ1) is 16.8. The fourth-order valence-electron chi connectivity index (χ4n) is 3.74. The lowest BCUT2D eigenvalue weighted by molar-refractivity contribution is -0.137. The van der Waals surface area contributed by atoms with Crippen LogP contribution in [0.3, 0.4) is 0 Å². The van der Waals surface area contributed by atoms with Gasteiger partial charge in [-0.05, 0) is 29.3 Å². The summed E-state index contributed by atoms with van der Waals surface area (Å²) >= 11 is 0. The van der Waals surface area contributed by atoms with Crippen LogP contribution >= 0.6 is 0 Å². The number of halogens is 4. The van der Waals surface area contributed by atoms with E-state index in [4.69, 9.17) is 0 Å². The molecule has 1 fully saturated rings. The molecule has 1 saturated heterocycles. The molecule has 1 aliphatic rings. The smallest absolute Gasteiger partial charge is 0.296 e. The standard InChI is InChI=1S/C24H24F4N6O/c25-15-19-12-20(14-21(13-19)24(26,27)28)23-29-17-34(31-23)7-6-22(35)30-33-10-8-32(9-11-33)16-18-4-2-1-3-5-18/h1-7,12-14,17H,8-11,15-16H2,(H,30,35)/b7-6-. The molecule has 0 atom stereocenters. The summed E-state index contributed by atoms with van der Waals surface area (Å²) < 4.78 is 53.5. The van der Waals surface area contributed by atoms with Crippen molar-refractivity contribution < 1.29 is 22.4 Å². The van der Waals surface area contributed by atoms with Crippen LogP contribution in [0.2, 0.25) is 0 Å². The minimum absolute atomic E-state index is 0.00889. The minimum atomic E-state index is -4.62. The third kappa shape index (κ3) is 6.74. The van der Waals surface area contributed by atoms with Crippen molar-refractivity contribution in [3.8, 4) is 11.4 Å². The van der Waals surface area contributed by atoms with Crippen molar-refractivity contribution in [2.75, 3.05) is 26.2 Å². The number of hydrogen-bond donors (Lipinski definition) is 1. The van der Waals surface area contributed by atoms with Gasteiger partial charge in [0.1, 0.15) is 13.0 Å². The van der Waals surface area contributed by atoms with Crippen LogP contribution in [0.1, 0.15) is 16.7 Å². The quantitative estimate of drug-likeness (QED) is 0.405. The Hall–Kier alpha value is -3.57. The SMILES string of the molecule is O=C(/C=C\n1cnc(-c2cc(CF)cc(C(F)(F)F)c2)n1)NN1CCN(Cc2ccccc2)CC1. The maximum atomic E-state index is 13.1. The van der Waals surface area contributed by atoms with E-state index in [1.165, 1.54) is 34.9 Å². The second-order valence-corrected chi connectivity index (χ2v) is 8.14. The van der Waals surface area contributed by atoms with E-state index in [1.54, 1.807) is 0 Å². The molecule has 1 aliphatic heterocycles. The van der Waals surface area contributed by atoms with Crippen LogP contribution in [-0.4, -0.2) is 56.8 Å². The molecule has 2 heterocycles. The van der Waals surface area contributed by atoms with Gasteiger partial charge in [0.25, 0.3) is 5.91 Å². The first kappa shape index (κ1) is 24.6. The zero-order chi connectivity index (χ0) is 24.8. The largest absolute Gasteiger partial charge is 0.416 e. The van der Waals surface area contributed by atoms with E-state index in [0.29, 0.717) is 13.1 Å². The predicted molar refractivity (Wildman–Crippen MR) is 122 cm³/mol. The van der Waals surface area contributed by atoms with Gasteiger partial charge in [-0.1, -0.05) is 30.3 Å². The summed E-state index contributed by atoms with van der Waals surface area (Å²) in [6.07, 6.45) is -0.751. The zero-order valence-corrected chi connectivity index (χ0v) is 18.7. The highest BCUT2D eigenvalue weighted by molar-refractivity contribution is 5.89. The Morgan fingerprint density at radius 2 is 1.77 bits per heavy atom. The number of nitrogens with one attached hydrogen (secondary N) is 1. The van der Waals surface area contributed by atoms with E-state index < -0.39 is 18.4 Å². The van der Waals surface area contributed by atoms with Crippen LogP contribution in [0.5, 0.6) is 0 Å². The van der Waals surface area contributed by atoms with Gasteiger partial charge in [-0.15, -0.1) is 5.10 Å². The number of alkyl halides is 4. The van der Waals surface area contributed by atoms with E-state index in [9.17, 15) is 22.4 Å². The molecule has 0 radical (unpaired) electrons. The molecule has 0 unspecified atom stereocenters. The summed E-state index contributed by atoms with van der Waals surface area (Å²) in [7, 11) is 0. The van der Waals surface area contributed by atoms with Gasteiger partial charge in [0.05, 0.1) is 5.56 Å². The van der Waals surface area contributed by atoms with Gasteiger partial charge >= 0.3 is 6.18 Å². The lowest BCUT2D eigenvalue weighted by atomic mass is 10.1. The molecule has 11 heteroatoms. The highest BCUT2D eigenvalue weighted by atomic mass is 19.4. The molecule has 0 saturated carbocycles. The van der Waals surface area contributed by atoms with E-state index in [2.05, 4.69) is 32.5 Å². The highest BCUT2D eigenvalue weighted by Crippen LogP contribution is 2.33. The molecule has 7 nitrogen and oxygen atoms in total. The summed E-state index contributed by atoms with van der Waals surface area (Å²) in [4.78, 5) is 18.6. The fourth-order valence-corrected chi connectivity index (χ4v) is 3.74. The first-order valence-electron chi connectivity index (χ1n) is 11.0. The molecule has 1 amide bonds. The Bertz CT molecular complexity index is 1170. The third-order valence-electron chi connectivity index (χ3n) is 5.51.